The maximum absolute atomic E-state index is 5.65. The fourth-order valence-corrected chi connectivity index (χ4v) is 4.77. The maximum atomic E-state index is 5.65. The van der Waals surface area contributed by atoms with Gasteiger partial charge in [0.15, 0.2) is 0 Å². The van der Waals surface area contributed by atoms with Gasteiger partial charge < -0.3 is 10.1 Å². The number of thioether (sulfide) groups is 1. The highest BCUT2D eigenvalue weighted by Gasteiger charge is 2.38. The Bertz CT molecular complexity index is 390. The third kappa shape index (κ3) is 2.44. The zero-order valence-electron chi connectivity index (χ0n) is 10.9. The zero-order chi connectivity index (χ0) is 12.4. The molecule has 0 spiro atoms. The van der Waals surface area contributed by atoms with E-state index in [4.69, 9.17) is 4.74 Å². The van der Waals surface area contributed by atoms with E-state index in [1.165, 1.54) is 29.7 Å². The molecule has 0 aromatic heterocycles. The molecule has 98 valence electrons. The summed E-state index contributed by atoms with van der Waals surface area (Å²) in [6.45, 7) is 2.95. The Kier molecular flexibility index (Phi) is 3.64. The molecule has 2 aliphatic rings. The molecule has 0 bridgehead atoms. The van der Waals surface area contributed by atoms with Gasteiger partial charge in [-0.05, 0) is 37.9 Å². The van der Waals surface area contributed by atoms with Gasteiger partial charge in [0, 0.05) is 28.7 Å². The molecular weight excluding hydrogens is 242 g/mol. The molecule has 3 heteroatoms. The van der Waals surface area contributed by atoms with E-state index in [0.29, 0.717) is 5.41 Å². The highest BCUT2D eigenvalue weighted by Crippen LogP contribution is 2.44. The van der Waals surface area contributed by atoms with E-state index in [1.54, 1.807) is 0 Å². The first-order valence-electron chi connectivity index (χ1n) is 6.78. The number of rotatable bonds is 4. The predicted octanol–water partition coefficient (Wildman–Crippen LogP) is 2.72. The Labute approximate surface area is 113 Å². The van der Waals surface area contributed by atoms with Crippen LogP contribution in [-0.2, 0) is 11.2 Å². The van der Waals surface area contributed by atoms with Gasteiger partial charge in [-0.3, -0.25) is 0 Å². The molecule has 0 aliphatic carbocycles. The summed E-state index contributed by atoms with van der Waals surface area (Å²) in [7, 11) is 2.05. The van der Waals surface area contributed by atoms with Crippen LogP contribution in [-0.4, -0.2) is 32.1 Å². The highest BCUT2D eigenvalue weighted by molar-refractivity contribution is 8.00. The molecular formula is C15H21NOS. The van der Waals surface area contributed by atoms with Crippen molar-refractivity contribution in [2.45, 2.75) is 29.4 Å². The summed E-state index contributed by atoms with van der Waals surface area (Å²) >= 11 is 2.06. The van der Waals surface area contributed by atoms with Crippen LogP contribution in [0.25, 0.3) is 0 Å². The lowest BCUT2D eigenvalue weighted by molar-refractivity contribution is 0.145. The summed E-state index contributed by atoms with van der Waals surface area (Å²) in [5.74, 6) is 0. The van der Waals surface area contributed by atoms with Gasteiger partial charge in [-0.1, -0.05) is 18.2 Å². The Hall–Kier alpha value is -0.510. The van der Waals surface area contributed by atoms with Crippen molar-refractivity contribution >= 4 is 11.8 Å². The third-order valence-electron chi connectivity index (χ3n) is 4.11. The predicted molar refractivity (Wildman–Crippen MR) is 76.2 cm³/mol. The van der Waals surface area contributed by atoms with Gasteiger partial charge in [0.05, 0.1) is 6.61 Å². The summed E-state index contributed by atoms with van der Waals surface area (Å²) in [6, 6.07) is 8.84. The van der Waals surface area contributed by atoms with Crippen LogP contribution >= 0.6 is 11.8 Å². The first-order chi connectivity index (χ1) is 8.81. The maximum Gasteiger partial charge on any atom is 0.0535 e. The molecule has 18 heavy (non-hydrogen) atoms. The molecule has 0 radical (unpaired) electrons. The van der Waals surface area contributed by atoms with Crippen molar-refractivity contribution in [3.63, 3.8) is 0 Å². The van der Waals surface area contributed by atoms with Crippen molar-refractivity contribution in [1.29, 1.82) is 0 Å². The minimum Gasteiger partial charge on any atom is -0.381 e. The molecule has 0 saturated carbocycles. The van der Waals surface area contributed by atoms with Gasteiger partial charge >= 0.3 is 0 Å². The Morgan fingerprint density at radius 2 is 2.33 bits per heavy atom. The first-order valence-corrected chi connectivity index (χ1v) is 7.66. The minimum atomic E-state index is 0.370. The van der Waals surface area contributed by atoms with Crippen LogP contribution < -0.4 is 5.32 Å². The molecule has 1 aromatic rings. The van der Waals surface area contributed by atoms with Crippen LogP contribution in [0.2, 0.25) is 0 Å². The normalized spacial score (nSPS) is 30.6. The van der Waals surface area contributed by atoms with Gasteiger partial charge in [0.25, 0.3) is 0 Å². The SMILES string of the molecule is CNCC1(CC2Cc3ccccc3S2)CCOC1. The molecule has 1 aromatic carbocycles. The minimum absolute atomic E-state index is 0.370. The van der Waals surface area contributed by atoms with Crippen molar-refractivity contribution in [2.75, 3.05) is 26.8 Å². The second-order valence-corrected chi connectivity index (χ2v) is 6.93. The van der Waals surface area contributed by atoms with Crippen LogP contribution in [0.4, 0.5) is 0 Å². The molecule has 1 N–H and O–H groups in total. The third-order valence-corrected chi connectivity index (χ3v) is 5.43. The molecule has 2 nitrogen and oxygen atoms in total. The van der Waals surface area contributed by atoms with Gasteiger partial charge in [-0.2, -0.15) is 0 Å². The number of ether oxygens (including phenoxy) is 1. The van der Waals surface area contributed by atoms with Crippen molar-refractivity contribution < 1.29 is 4.74 Å². The van der Waals surface area contributed by atoms with E-state index in [0.717, 1.165) is 25.0 Å². The fourth-order valence-electron chi connectivity index (χ4n) is 3.25. The Morgan fingerprint density at radius 3 is 3.06 bits per heavy atom. The van der Waals surface area contributed by atoms with E-state index < -0.39 is 0 Å². The Balaban J connectivity index is 1.67. The number of hydrogen-bond acceptors (Lipinski definition) is 3. The quantitative estimate of drug-likeness (QED) is 0.902. The van der Waals surface area contributed by atoms with E-state index in [1.807, 2.05) is 0 Å². The lowest BCUT2D eigenvalue weighted by atomic mass is 9.81. The standard InChI is InChI=1S/C15H21NOS/c1-16-10-15(6-7-17-11-15)9-13-8-12-4-2-3-5-14(12)18-13/h2-5,13,16H,6-11H2,1H3. The molecule has 2 unspecified atom stereocenters. The van der Waals surface area contributed by atoms with Gasteiger partial charge in [-0.15, -0.1) is 11.8 Å². The van der Waals surface area contributed by atoms with Crippen LogP contribution in [0.3, 0.4) is 0 Å². The number of nitrogens with one attached hydrogen (secondary N) is 1. The van der Waals surface area contributed by atoms with Crippen LogP contribution in [0.5, 0.6) is 0 Å². The molecule has 1 saturated heterocycles. The molecule has 3 rings (SSSR count). The van der Waals surface area contributed by atoms with E-state index in [-0.39, 0.29) is 0 Å². The monoisotopic (exact) mass is 263 g/mol. The largest absolute Gasteiger partial charge is 0.381 e. The van der Waals surface area contributed by atoms with Crippen LogP contribution in [0.1, 0.15) is 18.4 Å². The smallest absolute Gasteiger partial charge is 0.0535 e. The fraction of sp³-hybridized carbons (Fsp3) is 0.600. The lowest BCUT2D eigenvalue weighted by Crippen LogP contribution is -2.35. The molecule has 2 aliphatic heterocycles. The summed E-state index contributed by atoms with van der Waals surface area (Å²) in [6.07, 6.45) is 3.71. The van der Waals surface area contributed by atoms with Crippen LogP contribution in [0.15, 0.2) is 29.2 Å². The summed E-state index contributed by atoms with van der Waals surface area (Å²) < 4.78 is 5.65. The van der Waals surface area contributed by atoms with Crippen molar-refractivity contribution in [3.05, 3.63) is 29.8 Å². The first kappa shape index (κ1) is 12.5. The highest BCUT2D eigenvalue weighted by atomic mass is 32.2. The second-order valence-electron chi connectivity index (χ2n) is 5.59. The van der Waals surface area contributed by atoms with E-state index in [2.05, 4.69) is 48.4 Å². The van der Waals surface area contributed by atoms with E-state index in [9.17, 15) is 0 Å². The average Bonchev–Trinajstić information content (AvgIpc) is 2.96. The average molecular weight is 263 g/mol. The van der Waals surface area contributed by atoms with Crippen molar-refractivity contribution in [2.24, 2.45) is 5.41 Å². The number of hydrogen-bond donors (Lipinski definition) is 1. The van der Waals surface area contributed by atoms with Crippen molar-refractivity contribution in [1.82, 2.24) is 5.32 Å². The van der Waals surface area contributed by atoms with E-state index >= 15 is 0 Å². The summed E-state index contributed by atoms with van der Waals surface area (Å²) in [5.41, 5.74) is 1.90. The number of benzene rings is 1. The van der Waals surface area contributed by atoms with Gasteiger partial charge in [0.1, 0.15) is 0 Å². The molecule has 2 heterocycles. The van der Waals surface area contributed by atoms with Crippen LogP contribution in [0, 0.1) is 5.41 Å². The summed E-state index contributed by atoms with van der Waals surface area (Å²) in [4.78, 5) is 1.49. The van der Waals surface area contributed by atoms with Crippen molar-refractivity contribution in [3.8, 4) is 0 Å². The Morgan fingerprint density at radius 1 is 1.44 bits per heavy atom. The van der Waals surface area contributed by atoms with Gasteiger partial charge in [0.2, 0.25) is 0 Å². The number of fused-ring (bicyclic) bond motifs is 1. The molecule has 0 amide bonds. The zero-order valence-corrected chi connectivity index (χ0v) is 11.8. The second kappa shape index (κ2) is 5.24. The summed E-state index contributed by atoms with van der Waals surface area (Å²) in [5, 5.41) is 4.09. The molecule has 1 fully saturated rings. The van der Waals surface area contributed by atoms with Gasteiger partial charge in [-0.25, -0.2) is 0 Å². The lowest BCUT2D eigenvalue weighted by Gasteiger charge is -2.29. The topological polar surface area (TPSA) is 21.3 Å². The molecule has 2 atom stereocenters.